The second kappa shape index (κ2) is 15.8. The molecule has 1 aliphatic heterocycles. The van der Waals surface area contributed by atoms with Gasteiger partial charge in [0.15, 0.2) is 11.2 Å². The van der Waals surface area contributed by atoms with Crippen LogP contribution in [0.25, 0.3) is 0 Å². The molecule has 5 atom stereocenters. The summed E-state index contributed by atoms with van der Waals surface area (Å²) in [6.07, 6.45) is 3.10. The van der Waals surface area contributed by atoms with Gasteiger partial charge in [0.25, 0.3) is 0 Å². The lowest BCUT2D eigenvalue weighted by atomic mass is 9.96. The third-order valence-corrected chi connectivity index (χ3v) is 7.45. The number of rotatable bonds is 15. The van der Waals surface area contributed by atoms with Crippen molar-refractivity contribution in [3.8, 4) is 0 Å². The standard InChI is InChI=1S/C26H42F3N3O3S/c1-6-21(12-13-31(4)22-14-18(3)35-24(33)15-22)30-32(7-2)17-20(16-27)25(34-5)19-8-10-23(11-9-19)36-26(28)29/h6,8-11,18,20,22,24-26,30,33H,7,12-17H2,1-5H3/p+1/b21-6-/t18-,20+,22+,24-,25-/m1/s1. The van der Waals surface area contributed by atoms with Crippen molar-refractivity contribution in [1.82, 2.24) is 15.3 Å². The van der Waals surface area contributed by atoms with Crippen LogP contribution in [0.1, 0.15) is 51.7 Å². The summed E-state index contributed by atoms with van der Waals surface area (Å²) in [5.74, 6) is -2.86. The van der Waals surface area contributed by atoms with Crippen LogP contribution >= 0.6 is 0 Å². The topological polar surface area (TPSA) is 57.2 Å². The minimum atomic E-state index is -2.43. The summed E-state index contributed by atoms with van der Waals surface area (Å²) >= 11 is -0.0371. The Balaban J connectivity index is 1.96. The Bertz CT molecular complexity index is 777. The quantitative estimate of drug-likeness (QED) is 0.199. The summed E-state index contributed by atoms with van der Waals surface area (Å²) in [5, 5.41) is 11.9. The summed E-state index contributed by atoms with van der Waals surface area (Å²) < 4.78 is 50.6. The number of hydrazine groups is 1. The van der Waals surface area contributed by atoms with Crippen LogP contribution in [-0.4, -0.2) is 79.7 Å². The maximum atomic E-state index is 14.2. The normalized spacial score (nSPS) is 22.9. The average molecular weight is 535 g/mol. The Labute approximate surface area is 218 Å². The van der Waals surface area contributed by atoms with Gasteiger partial charge in [-0.15, -0.1) is 0 Å². The van der Waals surface area contributed by atoms with E-state index in [0.29, 0.717) is 24.4 Å². The lowest BCUT2D eigenvalue weighted by Gasteiger charge is -2.37. The minimum absolute atomic E-state index is 0.0301. The second-order valence-corrected chi connectivity index (χ2v) is 10.5. The van der Waals surface area contributed by atoms with Gasteiger partial charge in [-0.2, -0.15) is 8.78 Å². The van der Waals surface area contributed by atoms with Crippen molar-refractivity contribution in [1.29, 1.82) is 0 Å². The summed E-state index contributed by atoms with van der Waals surface area (Å²) in [7, 11) is 3.61. The van der Waals surface area contributed by atoms with Crippen LogP contribution in [0.3, 0.4) is 0 Å². The highest BCUT2D eigenvalue weighted by Crippen LogP contribution is 2.28. The average Bonchev–Trinajstić information content (AvgIpc) is 2.85. The van der Waals surface area contributed by atoms with E-state index in [4.69, 9.17) is 9.47 Å². The van der Waals surface area contributed by atoms with E-state index >= 15 is 0 Å². The fourth-order valence-electron chi connectivity index (χ4n) is 4.62. The molecule has 0 radical (unpaired) electrons. The highest BCUT2D eigenvalue weighted by Gasteiger charge is 2.29. The maximum Gasteiger partial charge on any atom is 0.402 e. The van der Waals surface area contributed by atoms with Gasteiger partial charge in [-0.1, -0.05) is 25.1 Å². The third-order valence-electron chi connectivity index (χ3n) is 6.66. The Morgan fingerprint density at radius 1 is 1.31 bits per heavy atom. The Morgan fingerprint density at radius 3 is 2.53 bits per heavy atom. The molecule has 2 N–H and O–H groups in total. The molecule has 1 aromatic carbocycles. The minimum Gasteiger partial charge on any atom is -0.376 e. The molecule has 1 aromatic rings. The smallest absolute Gasteiger partial charge is 0.376 e. The third kappa shape index (κ3) is 9.87. The summed E-state index contributed by atoms with van der Waals surface area (Å²) in [6.45, 7) is 7.27. The van der Waals surface area contributed by atoms with Crippen molar-refractivity contribution in [3.05, 3.63) is 41.6 Å². The molecule has 0 unspecified atom stereocenters. The van der Waals surface area contributed by atoms with Crippen LogP contribution in [0.4, 0.5) is 13.2 Å². The van der Waals surface area contributed by atoms with E-state index in [1.54, 1.807) is 31.4 Å². The van der Waals surface area contributed by atoms with E-state index in [1.165, 1.54) is 0 Å². The molecule has 0 spiro atoms. The van der Waals surface area contributed by atoms with Gasteiger partial charge in [0.1, 0.15) is 0 Å². The molecule has 6 nitrogen and oxygen atoms in total. The van der Waals surface area contributed by atoms with Crippen LogP contribution in [0.2, 0.25) is 0 Å². The number of ether oxygens (including phenoxy) is 2. The molecule has 10 heteroatoms. The molecule has 1 fully saturated rings. The van der Waals surface area contributed by atoms with Crippen molar-refractivity contribution in [3.63, 3.8) is 0 Å². The summed E-state index contributed by atoms with van der Waals surface area (Å²) in [6, 6.07) is 7.03. The van der Waals surface area contributed by atoms with E-state index in [-0.39, 0.29) is 23.9 Å². The SMILES string of the molecule is C/C=C(/CCN(C)[C@H]1C[C@@H](C)O[C@@H](O)C1)NN(CC)C[C@H](CF)[C@H](OC)c1ccc([SH+]C(F)F)cc1. The molecule has 1 aliphatic rings. The molecule has 1 heterocycles. The molecule has 0 amide bonds. The maximum absolute atomic E-state index is 14.2. The van der Waals surface area contributed by atoms with Gasteiger partial charge in [-0.05, 0) is 45.0 Å². The number of alkyl halides is 3. The number of nitrogens with one attached hydrogen (secondary N) is 1. The van der Waals surface area contributed by atoms with E-state index in [9.17, 15) is 18.3 Å². The molecule has 0 aromatic heterocycles. The van der Waals surface area contributed by atoms with Crippen LogP contribution in [0.15, 0.2) is 40.9 Å². The van der Waals surface area contributed by atoms with Gasteiger partial charge in [-0.25, -0.2) is 5.01 Å². The molecule has 2 rings (SSSR count). The van der Waals surface area contributed by atoms with E-state index in [0.717, 1.165) is 30.6 Å². The summed E-state index contributed by atoms with van der Waals surface area (Å²) in [5.41, 5.74) is 5.24. The number of hydrogen-bond donors (Lipinski definition) is 2. The van der Waals surface area contributed by atoms with Crippen LogP contribution in [-0.2, 0) is 21.2 Å². The molecule has 0 bridgehead atoms. The first-order chi connectivity index (χ1) is 17.2. The fourth-order valence-corrected chi connectivity index (χ4v) is 5.17. The molecule has 1 saturated heterocycles. The van der Waals surface area contributed by atoms with Gasteiger partial charge in [0.2, 0.25) is 0 Å². The monoisotopic (exact) mass is 534 g/mol. The van der Waals surface area contributed by atoms with Crippen LogP contribution < -0.4 is 5.43 Å². The van der Waals surface area contributed by atoms with Crippen molar-refractivity contribution in [2.24, 2.45) is 5.92 Å². The van der Waals surface area contributed by atoms with Gasteiger partial charge < -0.3 is 24.9 Å². The van der Waals surface area contributed by atoms with Crippen molar-refractivity contribution in [2.75, 3.05) is 40.5 Å². The Morgan fingerprint density at radius 2 is 2.00 bits per heavy atom. The van der Waals surface area contributed by atoms with Crippen molar-refractivity contribution >= 4 is 11.8 Å². The number of allylic oxidation sites excluding steroid dienone is 1. The fraction of sp³-hybridized carbons (Fsp3) is 0.692. The van der Waals surface area contributed by atoms with Gasteiger partial charge in [0.05, 0.1) is 30.6 Å². The summed E-state index contributed by atoms with van der Waals surface area (Å²) in [4.78, 5) is 2.77. The zero-order valence-electron chi connectivity index (χ0n) is 22.0. The predicted octanol–water partition coefficient (Wildman–Crippen LogP) is 4.29. The highest BCUT2D eigenvalue weighted by atomic mass is 32.2. The Hall–Kier alpha value is -1.30. The first-order valence-electron chi connectivity index (χ1n) is 12.6. The number of thiol groups is 1. The lowest BCUT2D eigenvalue weighted by molar-refractivity contribution is -0.173. The second-order valence-electron chi connectivity index (χ2n) is 9.29. The zero-order chi connectivity index (χ0) is 26.7. The molecular weight excluding hydrogens is 491 g/mol. The molecule has 0 aliphatic carbocycles. The van der Waals surface area contributed by atoms with Crippen LogP contribution in [0.5, 0.6) is 0 Å². The highest BCUT2D eigenvalue weighted by molar-refractivity contribution is 7.78. The van der Waals surface area contributed by atoms with E-state index < -0.39 is 30.7 Å². The van der Waals surface area contributed by atoms with Gasteiger partial charge in [0, 0.05) is 57.2 Å². The van der Waals surface area contributed by atoms with E-state index in [1.807, 2.05) is 31.9 Å². The molecular formula is C26H43F3N3O3S+. The molecule has 36 heavy (non-hydrogen) atoms. The van der Waals surface area contributed by atoms with Gasteiger partial charge >= 0.3 is 5.76 Å². The number of methoxy groups -OCH3 is 1. The number of aliphatic hydroxyl groups is 1. The number of aliphatic hydroxyl groups excluding tert-OH is 1. The largest absolute Gasteiger partial charge is 0.402 e. The number of halogens is 3. The van der Waals surface area contributed by atoms with Crippen molar-refractivity contribution < 1.29 is 27.8 Å². The predicted molar refractivity (Wildman–Crippen MR) is 140 cm³/mol. The first kappa shape index (κ1) is 30.9. The zero-order valence-corrected chi connectivity index (χ0v) is 22.9. The molecule has 206 valence electrons. The van der Waals surface area contributed by atoms with Gasteiger partial charge in [-0.3, -0.25) is 4.39 Å². The molecule has 0 saturated carbocycles. The first-order valence-corrected chi connectivity index (χ1v) is 13.5. The van der Waals surface area contributed by atoms with Crippen LogP contribution in [0, 0.1) is 5.92 Å². The Kier molecular flexibility index (Phi) is 13.6. The van der Waals surface area contributed by atoms with Crippen molar-refractivity contribution in [2.45, 2.75) is 75.2 Å². The number of benzene rings is 1. The number of hydrogen-bond acceptors (Lipinski definition) is 6. The lowest BCUT2D eigenvalue weighted by Crippen LogP contribution is -2.45. The van der Waals surface area contributed by atoms with E-state index in [2.05, 4.69) is 17.4 Å². The number of nitrogens with zero attached hydrogens (tertiary/aromatic N) is 2.